The summed E-state index contributed by atoms with van der Waals surface area (Å²) in [5, 5.41) is 3.60. The number of benzene rings is 2. The highest BCUT2D eigenvalue weighted by Crippen LogP contribution is 2.31. The Bertz CT molecular complexity index is 993. The molecule has 0 bridgehead atoms. The lowest BCUT2D eigenvalue weighted by molar-refractivity contribution is 0.224. The lowest BCUT2D eigenvalue weighted by Gasteiger charge is -2.36. The summed E-state index contributed by atoms with van der Waals surface area (Å²) in [4.78, 5) is 7.51. The smallest absolute Gasteiger partial charge is 0.119 e. The molecule has 2 aliphatic rings. The lowest BCUT2D eigenvalue weighted by Crippen LogP contribution is -2.46. The number of piperazine rings is 1. The van der Waals surface area contributed by atoms with Crippen LogP contribution in [-0.2, 0) is 13.0 Å². The normalized spacial score (nSPS) is 18.0. The maximum absolute atomic E-state index is 6.07. The summed E-state index contributed by atoms with van der Waals surface area (Å²) in [5.74, 6) is 1.03. The van der Waals surface area contributed by atoms with Crippen molar-refractivity contribution in [1.82, 2.24) is 9.80 Å². The van der Waals surface area contributed by atoms with Gasteiger partial charge in [-0.3, -0.25) is 4.90 Å². The highest BCUT2D eigenvalue weighted by molar-refractivity contribution is 7.17. The first-order chi connectivity index (χ1) is 14.8. The van der Waals surface area contributed by atoms with Crippen LogP contribution in [0.1, 0.15) is 17.5 Å². The van der Waals surface area contributed by atoms with Crippen molar-refractivity contribution in [3.63, 3.8) is 0 Å². The van der Waals surface area contributed by atoms with Gasteiger partial charge in [0.05, 0.1) is 6.61 Å². The van der Waals surface area contributed by atoms with Crippen LogP contribution in [0, 0.1) is 0 Å². The van der Waals surface area contributed by atoms with E-state index in [0.29, 0.717) is 0 Å². The number of likely N-dealkylation sites (N-methyl/N-ethyl adjacent to an activating group) is 1. The molecule has 158 valence electrons. The Morgan fingerprint density at radius 3 is 2.77 bits per heavy atom. The van der Waals surface area contributed by atoms with Crippen molar-refractivity contribution in [3.8, 4) is 5.75 Å². The van der Waals surface area contributed by atoms with E-state index in [1.165, 1.54) is 26.9 Å². The van der Waals surface area contributed by atoms with Gasteiger partial charge in [-0.1, -0.05) is 12.1 Å². The number of rotatable bonds is 6. The number of hydrogen-bond donors (Lipinski definition) is 0. The minimum absolute atomic E-state index is 0.795. The standard InChI is InChI=1S/C25H31N3OS/c1-26-11-8-20-6-7-22(18-21(20)19-26)29-16-3-10-27-12-14-28(15-13-27)24-4-2-5-25-23(24)9-17-30-25/h2,4-7,9,17-18H,3,8,10-16,19H2,1H3. The minimum Gasteiger partial charge on any atom is -0.494 e. The quantitative estimate of drug-likeness (QED) is 0.546. The summed E-state index contributed by atoms with van der Waals surface area (Å²) in [6.45, 7) is 8.58. The molecule has 5 heteroatoms. The molecule has 0 unspecified atom stereocenters. The van der Waals surface area contributed by atoms with Gasteiger partial charge in [-0.2, -0.15) is 0 Å². The molecule has 0 amide bonds. The monoisotopic (exact) mass is 421 g/mol. The van der Waals surface area contributed by atoms with Gasteiger partial charge >= 0.3 is 0 Å². The van der Waals surface area contributed by atoms with Gasteiger partial charge in [0.15, 0.2) is 0 Å². The van der Waals surface area contributed by atoms with E-state index < -0.39 is 0 Å². The molecule has 3 heterocycles. The SMILES string of the molecule is CN1CCc2ccc(OCCCN3CCN(c4cccc5sccc45)CC3)cc2C1. The van der Waals surface area contributed by atoms with Crippen molar-refractivity contribution in [3.05, 3.63) is 59.0 Å². The molecule has 2 aliphatic heterocycles. The van der Waals surface area contributed by atoms with Crippen LogP contribution < -0.4 is 9.64 Å². The van der Waals surface area contributed by atoms with E-state index in [-0.39, 0.29) is 0 Å². The molecule has 1 aromatic heterocycles. The molecule has 5 rings (SSSR count). The van der Waals surface area contributed by atoms with E-state index in [1.807, 2.05) is 11.3 Å². The van der Waals surface area contributed by atoms with Crippen molar-refractivity contribution in [2.24, 2.45) is 0 Å². The third-order valence-electron chi connectivity index (χ3n) is 6.45. The van der Waals surface area contributed by atoms with Gasteiger partial charge in [-0.15, -0.1) is 11.3 Å². The molecule has 0 saturated carbocycles. The molecule has 0 atom stereocenters. The molecule has 0 radical (unpaired) electrons. The first-order valence-corrected chi connectivity index (χ1v) is 12.0. The van der Waals surface area contributed by atoms with Crippen molar-refractivity contribution >= 4 is 27.1 Å². The third kappa shape index (κ3) is 4.34. The van der Waals surface area contributed by atoms with Gasteiger partial charge in [0.2, 0.25) is 0 Å². The van der Waals surface area contributed by atoms with Crippen LogP contribution >= 0.6 is 11.3 Å². The van der Waals surface area contributed by atoms with Crippen molar-refractivity contribution in [2.75, 3.05) is 57.8 Å². The van der Waals surface area contributed by atoms with E-state index in [4.69, 9.17) is 4.74 Å². The van der Waals surface area contributed by atoms with Crippen LogP contribution in [-0.4, -0.2) is 62.7 Å². The molecular formula is C25H31N3OS. The fourth-order valence-electron chi connectivity index (χ4n) is 4.71. The maximum Gasteiger partial charge on any atom is 0.119 e. The topological polar surface area (TPSA) is 19.0 Å². The first kappa shape index (κ1) is 19.9. The molecule has 4 nitrogen and oxygen atoms in total. The Balaban J connectivity index is 1.07. The zero-order chi connectivity index (χ0) is 20.3. The third-order valence-corrected chi connectivity index (χ3v) is 7.34. The van der Waals surface area contributed by atoms with Crippen LogP contribution in [0.2, 0.25) is 0 Å². The molecule has 3 aromatic rings. The highest BCUT2D eigenvalue weighted by atomic mass is 32.1. The largest absolute Gasteiger partial charge is 0.494 e. The Kier molecular flexibility index (Phi) is 5.93. The van der Waals surface area contributed by atoms with Gasteiger partial charge in [-0.05, 0) is 66.7 Å². The van der Waals surface area contributed by atoms with Crippen LogP contribution in [0.3, 0.4) is 0 Å². The summed E-state index contributed by atoms with van der Waals surface area (Å²) in [5.41, 5.74) is 4.31. The van der Waals surface area contributed by atoms with Crippen LogP contribution in [0.4, 0.5) is 5.69 Å². The predicted molar refractivity (Wildman–Crippen MR) is 127 cm³/mol. The van der Waals surface area contributed by atoms with Gasteiger partial charge < -0.3 is 14.5 Å². The first-order valence-electron chi connectivity index (χ1n) is 11.1. The maximum atomic E-state index is 6.07. The fraction of sp³-hybridized carbons (Fsp3) is 0.440. The van der Waals surface area contributed by atoms with Crippen LogP contribution in [0.5, 0.6) is 5.75 Å². The van der Waals surface area contributed by atoms with E-state index in [9.17, 15) is 0 Å². The number of ether oxygens (including phenoxy) is 1. The second-order valence-corrected chi connectivity index (χ2v) is 9.51. The average Bonchev–Trinajstić information content (AvgIpc) is 3.26. The summed E-state index contributed by atoms with van der Waals surface area (Å²) < 4.78 is 7.46. The number of hydrogen-bond acceptors (Lipinski definition) is 5. The zero-order valence-corrected chi connectivity index (χ0v) is 18.7. The summed E-state index contributed by atoms with van der Waals surface area (Å²) in [6.07, 6.45) is 2.23. The Morgan fingerprint density at radius 1 is 0.967 bits per heavy atom. The molecule has 1 fully saturated rings. The van der Waals surface area contributed by atoms with Gasteiger partial charge in [0, 0.05) is 61.6 Å². The second kappa shape index (κ2) is 8.96. The number of fused-ring (bicyclic) bond motifs is 2. The summed E-state index contributed by atoms with van der Waals surface area (Å²) in [7, 11) is 2.19. The predicted octanol–water partition coefficient (Wildman–Crippen LogP) is 4.48. The highest BCUT2D eigenvalue weighted by Gasteiger charge is 2.19. The molecule has 0 aliphatic carbocycles. The average molecular weight is 422 g/mol. The van der Waals surface area contributed by atoms with Gasteiger partial charge in [0.25, 0.3) is 0 Å². The van der Waals surface area contributed by atoms with Crippen molar-refractivity contribution < 1.29 is 4.74 Å². The number of anilines is 1. The molecule has 1 saturated heterocycles. The van der Waals surface area contributed by atoms with Crippen LogP contribution in [0.25, 0.3) is 10.1 Å². The summed E-state index contributed by atoms with van der Waals surface area (Å²) in [6, 6.07) is 15.6. The van der Waals surface area contributed by atoms with E-state index in [2.05, 4.69) is 69.6 Å². The molecular weight excluding hydrogens is 390 g/mol. The van der Waals surface area contributed by atoms with Crippen molar-refractivity contribution in [1.29, 1.82) is 0 Å². The van der Waals surface area contributed by atoms with Gasteiger partial charge in [-0.25, -0.2) is 0 Å². The minimum atomic E-state index is 0.795. The molecule has 0 N–H and O–H groups in total. The Labute approximate surface area is 183 Å². The fourth-order valence-corrected chi connectivity index (χ4v) is 5.52. The second-order valence-electron chi connectivity index (χ2n) is 8.56. The zero-order valence-electron chi connectivity index (χ0n) is 17.8. The van der Waals surface area contributed by atoms with E-state index >= 15 is 0 Å². The lowest BCUT2D eigenvalue weighted by atomic mass is 10.00. The Hall–Kier alpha value is -2.08. The van der Waals surface area contributed by atoms with Gasteiger partial charge in [0.1, 0.15) is 5.75 Å². The molecule has 0 spiro atoms. The van der Waals surface area contributed by atoms with E-state index in [1.54, 1.807) is 0 Å². The summed E-state index contributed by atoms with van der Waals surface area (Å²) >= 11 is 1.83. The van der Waals surface area contributed by atoms with Crippen LogP contribution in [0.15, 0.2) is 47.8 Å². The molecule has 2 aromatic carbocycles. The van der Waals surface area contributed by atoms with E-state index in [0.717, 1.165) is 71.0 Å². The number of nitrogens with zero attached hydrogens (tertiary/aromatic N) is 3. The number of thiophene rings is 1. The van der Waals surface area contributed by atoms with Crippen molar-refractivity contribution in [2.45, 2.75) is 19.4 Å². The molecule has 30 heavy (non-hydrogen) atoms. The Morgan fingerprint density at radius 2 is 1.87 bits per heavy atom.